The Labute approximate surface area is 344 Å². The van der Waals surface area contributed by atoms with Gasteiger partial charge in [0.25, 0.3) is 11.8 Å². The first kappa shape index (κ1) is 40.5. The van der Waals surface area contributed by atoms with Crippen LogP contribution in [0.15, 0.2) is 61.2 Å². The molecule has 0 aliphatic carbocycles. The first-order chi connectivity index (χ1) is 27.6. The Morgan fingerprint density at radius 1 is 0.793 bits per heavy atom. The largest absolute Gasteiger partial charge is 0.361 e. The molecule has 300 valence electrons. The molecule has 8 rings (SSSR count). The average Bonchev–Trinajstić information content (AvgIpc) is 3.96. The van der Waals surface area contributed by atoms with Gasteiger partial charge in [0.2, 0.25) is 0 Å². The van der Waals surface area contributed by atoms with E-state index >= 15 is 0 Å². The molecule has 0 saturated heterocycles. The van der Waals surface area contributed by atoms with Gasteiger partial charge in [-0.1, -0.05) is 42.8 Å². The van der Waals surface area contributed by atoms with Crippen LogP contribution in [-0.2, 0) is 11.5 Å². The summed E-state index contributed by atoms with van der Waals surface area (Å²) < 4.78 is 7.76. The second-order valence-corrected chi connectivity index (χ2v) is 22.2. The maximum Gasteiger partial charge on any atom is 0.255 e. The standard InChI is InChI=1S/C23H29ClN6O2Si.C17H15ClN6O/c1-14(2)26-23(31)17-12-30(13-32-8-9-33(3,4)5)22-21(17)27-19(11-25-22)20-16-7-6-15(24)10-18(16)28-29-20;1-8(2)21-17(25)11-6-19-16-15(11)22-13(7-20-16)14-10-4-3-9(18)5-12(10)23-24-14/h6-7,10-12,14H,8-9,13H2,1-5H3,(H,26,31)(H,28,29);3-8H,1-2H3,(H,19,20)(H,21,25)(H,23,24). The van der Waals surface area contributed by atoms with Gasteiger partial charge in [-0.3, -0.25) is 19.8 Å². The van der Waals surface area contributed by atoms with E-state index in [9.17, 15) is 9.59 Å². The molecule has 0 fully saturated rings. The molecule has 0 atom stereocenters. The van der Waals surface area contributed by atoms with Crippen molar-refractivity contribution in [2.75, 3.05) is 6.61 Å². The van der Waals surface area contributed by atoms with Gasteiger partial charge in [0.05, 0.1) is 34.6 Å². The van der Waals surface area contributed by atoms with E-state index in [1.165, 1.54) is 0 Å². The van der Waals surface area contributed by atoms with E-state index < -0.39 is 8.07 Å². The van der Waals surface area contributed by atoms with Crippen molar-refractivity contribution in [1.82, 2.24) is 60.5 Å². The topological polar surface area (TPSA) is 197 Å². The predicted molar refractivity (Wildman–Crippen MR) is 231 cm³/mol. The fraction of sp³-hybridized carbons (Fsp3) is 0.300. The SMILES string of the molecule is CC(C)NC(=O)c1c[nH]c2ncc(-c3n[nH]c4cc(Cl)ccc34)nc12.CC(C)NC(=O)c1cn(COCC[Si](C)(C)C)c2ncc(-c3n[nH]c4cc(Cl)ccc34)nc12. The first-order valence-corrected chi connectivity index (χ1v) is 23.3. The average molecular weight is 840 g/mol. The molecular formula is C40H44Cl2N12O3Si. The Bertz CT molecular complexity index is 2780. The highest BCUT2D eigenvalue weighted by molar-refractivity contribution is 6.76. The van der Waals surface area contributed by atoms with Crippen LogP contribution in [0.1, 0.15) is 48.4 Å². The maximum absolute atomic E-state index is 12.9. The molecule has 0 aliphatic rings. The summed E-state index contributed by atoms with van der Waals surface area (Å²) in [5.41, 5.74) is 7.22. The highest BCUT2D eigenvalue weighted by Crippen LogP contribution is 2.30. The summed E-state index contributed by atoms with van der Waals surface area (Å²) in [5, 5.41) is 23.5. The van der Waals surface area contributed by atoms with Gasteiger partial charge in [-0.05, 0) is 70.1 Å². The summed E-state index contributed by atoms with van der Waals surface area (Å²) in [6.07, 6.45) is 6.69. The third kappa shape index (κ3) is 8.89. The molecule has 0 spiro atoms. The first-order valence-electron chi connectivity index (χ1n) is 18.8. The molecule has 5 N–H and O–H groups in total. The molecular weight excluding hydrogens is 796 g/mol. The number of carbonyl (C=O) groups is 2. The molecule has 58 heavy (non-hydrogen) atoms. The van der Waals surface area contributed by atoms with Gasteiger partial charge in [0, 0.05) is 60.0 Å². The van der Waals surface area contributed by atoms with E-state index in [-0.39, 0.29) is 23.9 Å². The fourth-order valence-electron chi connectivity index (χ4n) is 6.20. The molecule has 0 bridgehead atoms. The monoisotopic (exact) mass is 838 g/mol. The Morgan fingerprint density at radius 2 is 1.34 bits per heavy atom. The van der Waals surface area contributed by atoms with Gasteiger partial charge in [-0.25, -0.2) is 19.9 Å². The summed E-state index contributed by atoms with van der Waals surface area (Å²) in [4.78, 5) is 46.7. The maximum atomic E-state index is 12.9. The van der Waals surface area contributed by atoms with E-state index in [2.05, 4.69) is 70.6 Å². The Kier molecular flexibility index (Phi) is 11.6. The van der Waals surface area contributed by atoms with Crippen molar-refractivity contribution in [3.8, 4) is 22.8 Å². The van der Waals surface area contributed by atoms with Crippen molar-refractivity contribution >= 4 is 87.2 Å². The van der Waals surface area contributed by atoms with Crippen LogP contribution in [0.3, 0.4) is 0 Å². The summed E-state index contributed by atoms with van der Waals surface area (Å²) in [5.74, 6) is -0.382. The second-order valence-electron chi connectivity index (χ2n) is 15.7. The molecule has 2 aromatic carbocycles. The molecule has 18 heteroatoms. The zero-order valence-corrected chi connectivity index (χ0v) is 35.7. The second kappa shape index (κ2) is 16.7. The van der Waals surface area contributed by atoms with Gasteiger partial charge >= 0.3 is 0 Å². The lowest BCUT2D eigenvalue weighted by Gasteiger charge is -2.15. The number of H-pyrrole nitrogens is 3. The van der Waals surface area contributed by atoms with Crippen molar-refractivity contribution in [3.05, 3.63) is 82.4 Å². The molecule has 15 nitrogen and oxygen atoms in total. The Hall–Kier alpha value is -5.68. The number of halogens is 2. The van der Waals surface area contributed by atoms with Gasteiger partial charge < -0.3 is 24.9 Å². The summed E-state index contributed by atoms with van der Waals surface area (Å²) >= 11 is 12.1. The van der Waals surface area contributed by atoms with Crippen LogP contribution < -0.4 is 10.6 Å². The van der Waals surface area contributed by atoms with E-state index in [1.54, 1.807) is 36.9 Å². The molecule has 6 heterocycles. The molecule has 8 aromatic rings. The quantitative estimate of drug-likeness (QED) is 0.0628. The summed E-state index contributed by atoms with van der Waals surface area (Å²) in [6.45, 7) is 15.6. The van der Waals surface area contributed by atoms with E-state index in [1.807, 2.05) is 56.5 Å². The van der Waals surface area contributed by atoms with Crippen LogP contribution in [-0.4, -0.2) is 88.5 Å². The lowest BCUT2D eigenvalue weighted by Crippen LogP contribution is -2.30. The minimum Gasteiger partial charge on any atom is -0.361 e. The van der Waals surface area contributed by atoms with Crippen LogP contribution in [0.4, 0.5) is 0 Å². The number of aromatic nitrogens is 10. The molecule has 0 radical (unpaired) electrons. The van der Waals surface area contributed by atoms with Gasteiger partial charge in [0.15, 0.2) is 11.3 Å². The predicted octanol–water partition coefficient (Wildman–Crippen LogP) is 8.37. The Balaban J connectivity index is 0.000000183. The van der Waals surface area contributed by atoms with Crippen molar-refractivity contribution in [2.45, 2.75) is 72.2 Å². The minimum absolute atomic E-state index is 0.0000636. The third-order valence-corrected chi connectivity index (χ3v) is 11.2. The lowest BCUT2D eigenvalue weighted by atomic mass is 10.1. The fourth-order valence-corrected chi connectivity index (χ4v) is 7.31. The van der Waals surface area contributed by atoms with Crippen molar-refractivity contribution in [1.29, 1.82) is 0 Å². The van der Waals surface area contributed by atoms with Gasteiger partial charge in [0.1, 0.15) is 40.5 Å². The van der Waals surface area contributed by atoms with E-state index in [0.29, 0.717) is 79.6 Å². The number of nitrogens with zero attached hydrogens (tertiary/aromatic N) is 7. The van der Waals surface area contributed by atoms with E-state index in [4.69, 9.17) is 32.9 Å². The summed E-state index contributed by atoms with van der Waals surface area (Å²) in [7, 11) is -1.19. The number of hydrogen-bond acceptors (Lipinski definition) is 9. The van der Waals surface area contributed by atoms with Crippen LogP contribution >= 0.6 is 23.2 Å². The zero-order valence-electron chi connectivity index (χ0n) is 33.2. The number of hydrogen-bond donors (Lipinski definition) is 5. The number of benzene rings is 2. The molecule has 0 aliphatic heterocycles. The number of rotatable bonds is 11. The zero-order chi connectivity index (χ0) is 41.3. The lowest BCUT2D eigenvalue weighted by molar-refractivity contribution is 0.0890. The number of aromatic amines is 3. The van der Waals surface area contributed by atoms with Crippen LogP contribution in [0.2, 0.25) is 35.7 Å². The van der Waals surface area contributed by atoms with Crippen molar-refractivity contribution in [2.24, 2.45) is 0 Å². The van der Waals surface area contributed by atoms with Crippen molar-refractivity contribution in [3.63, 3.8) is 0 Å². The molecule has 0 unspecified atom stereocenters. The Morgan fingerprint density at radius 3 is 1.91 bits per heavy atom. The van der Waals surface area contributed by atoms with Crippen LogP contribution in [0, 0.1) is 0 Å². The van der Waals surface area contributed by atoms with Gasteiger partial charge in [-0.15, -0.1) is 0 Å². The number of carbonyl (C=O) groups excluding carboxylic acids is 2. The smallest absolute Gasteiger partial charge is 0.255 e. The molecule has 2 amide bonds. The molecule has 6 aromatic heterocycles. The number of ether oxygens (including phenoxy) is 1. The summed E-state index contributed by atoms with van der Waals surface area (Å²) in [6, 6.07) is 12.1. The van der Waals surface area contributed by atoms with E-state index in [0.717, 1.165) is 27.8 Å². The van der Waals surface area contributed by atoms with Crippen molar-refractivity contribution < 1.29 is 14.3 Å². The number of nitrogens with one attached hydrogen (secondary N) is 5. The van der Waals surface area contributed by atoms with Crippen LogP contribution in [0.5, 0.6) is 0 Å². The highest BCUT2D eigenvalue weighted by atomic mass is 35.5. The van der Waals surface area contributed by atoms with Gasteiger partial charge in [-0.2, -0.15) is 10.2 Å². The molecule has 0 saturated carbocycles. The number of fused-ring (bicyclic) bond motifs is 4. The minimum atomic E-state index is -1.19. The number of amides is 2. The normalized spacial score (nSPS) is 11.9. The van der Waals surface area contributed by atoms with Crippen LogP contribution in [0.25, 0.3) is 66.9 Å². The highest BCUT2D eigenvalue weighted by Gasteiger charge is 2.22. The third-order valence-electron chi connectivity index (χ3n) is 9.04.